The highest BCUT2D eigenvalue weighted by Crippen LogP contribution is 2.22. The molecule has 0 bridgehead atoms. The van der Waals surface area contributed by atoms with Gasteiger partial charge < -0.3 is 9.64 Å². The number of amides is 1. The lowest BCUT2D eigenvalue weighted by Crippen LogP contribution is -2.27. The molecule has 0 aliphatic rings. The lowest BCUT2D eigenvalue weighted by molar-refractivity contribution is 0.0784. The second-order valence-corrected chi connectivity index (χ2v) is 8.90. The Labute approximate surface area is 185 Å². The van der Waals surface area contributed by atoms with E-state index in [4.69, 9.17) is 4.74 Å². The molecular formula is C23H22F2N2O4S. The largest absolute Gasteiger partial charge is 0.497 e. The molecule has 32 heavy (non-hydrogen) atoms. The quantitative estimate of drug-likeness (QED) is 0.569. The Bertz CT molecular complexity index is 1250. The van der Waals surface area contributed by atoms with Gasteiger partial charge in [0.1, 0.15) is 5.75 Å². The monoisotopic (exact) mass is 460 g/mol. The zero-order valence-electron chi connectivity index (χ0n) is 17.7. The highest BCUT2D eigenvalue weighted by Gasteiger charge is 2.21. The van der Waals surface area contributed by atoms with E-state index in [2.05, 4.69) is 4.72 Å². The smallest absolute Gasteiger partial charge is 0.261 e. The zero-order valence-corrected chi connectivity index (χ0v) is 18.5. The molecule has 3 aromatic rings. The second-order valence-electron chi connectivity index (χ2n) is 7.22. The summed E-state index contributed by atoms with van der Waals surface area (Å²) in [5, 5.41) is 0. The molecule has 0 radical (unpaired) electrons. The summed E-state index contributed by atoms with van der Waals surface area (Å²) in [5.74, 6) is -1.84. The molecular weight excluding hydrogens is 438 g/mol. The van der Waals surface area contributed by atoms with Crippen molar-refractivity contribution in [3.05, 3.63) is 89.0 Å². The third-order valence-corrected chi connectivity index (χ3v) is 6.22. The number of carbonyl (C=O) groups excluding carboxylic acids is 1. The molecule has 3 aromatic carbocycles. The molecule has 3 rings (SSSR count). The Morgan fingerprint density at radius 3 is 2.31 bits per heavy atom. The molecule has 6 nitrogen and oxygen atoms in total. The minimum Gasteiger partial charge on any atom is -0.497 e. The van der Waals surface area contributed by atoms with Crippen LogP contribution in [0.25, 0.3) is 0 Å². The maximum absolute atomic E-state index is 13.5. The van der Waals surface area contributed by atoms with E-state index in [-0.39, 0.29) is 17.0 Å². The fourth-order valence-corrected chi connectivity index (χ4v) is 4.15. The van der Waals surface area contributed by atoms with Gasteiger partial charge in [0.25, 0.3) is 15.9 Å². The third kappa shape index (κ3) is 5.23. The van der Waals surface area contributed by atoms with Gasteiger partial charge in [-0.25, -0.2) is 17.2 Å². The van der Waals surface area contributed by atoms with Gasteiger partial charge in [0.15, 0.2) is 11.6 Å². The number of ether oxygens (including phenoxy) is 1. The average molecular weight is 461 g/mol. The van der Waals surface area contributed by atoms with Crippen LogP contribution in [0.15, 0.2) is 65.6 Å². The number of sulfonamides is 1. The summed E-state index contributed by atoms with van der Waals surface area (Å²) >= 11 is 0. The lowest BCUT2D eigenvalue weighted by Gasteiger charge is -2.19. The van der Waals surface area contributed by atoms with Crippen molar-refractivity contribution < 1.29 is 26.7 Å². The van der Waals surface area contributed by atoms with Crippen molar-refractivity contribution in [1.29, 1.82) is 0 Å². The number of nitrogens with zero attached hydrogens (tertiary/aromatic N) is 1. The molecule has 0 saturated carbocycles. The van der Waals surface area contributed by atoms with Gasteiger partial charge in [0.2, 0.25) is 0 Å². The van der Waals surface area contributed by atoms with Crippen LogP contribution in [0.4, 0.5) is 14.5 Å². The van der Waals surface area contributed by atoms with E-state index < -0.39 is 27.6 Å². The predicted molar refractivity (Wildman–Crippen MR) is 117 cm³/mol. The number of benzene rings is 3. The molecule has 0 unspecified atom stereocenters. The number of rotatable bonds is 7. The molecule has 9 heteroatoms. The fraction of sp³-hybridized carbons (Fsp3) is 0.174. The number of nitrogens with one attached hydrogen (secondary N) is 1. The molecule has 0 aliphatic carbocycles. The maximum Gasteiger partial charge on any atom is 0.261 e. The van der Waals surface area contributed by atoms with E-state index >= 15 is 0 Å². The number of carbonyl (C=O) groups is 1. The van der Waals surface area contributed by atoms with Crippen molar-refractivity contribution in [2.75, 3.05) is 18.9 Å². The molecule has 1 amide bonds. The Morgan fingerprint density at radius 2 is 1.69 bits per heavy atom. The van der Waals surface area contributed by atoms with Gasteiger partial charge in [-0.05, 0) is 66.6 Å². The van der Waals surface area contributed by atoms with Crippen molar-refractivity contribution in [3.63, 3.8) is 0 Å². The van der Waals surface area contributed by atoms with Crippen LogP contribution in [0, 0.1) is 18.6 Å². The maximum atomic E-state index is 13.5. The summed E-state index contributed by atoms with van der Waals surface area (Å²) in [5.41, 5.74) is 1.51. The molecule has 0 spiro atoms. The first kappa shape index (κ1) is 23.2. The minimum atomic E-state index is -3.95. The van der Waals surface area contributed by atoms with Crippen molar-refractivity contribution >= 4 is 21.6 Å². The van der Waals surface area contributed by atoms with E-state index in [1.54, 1.807) is 37.3 Å². The fourth-order valence-electron chi connectivity index (χ4n) is 3.06. The van der Waals surface area contributed by atoms with Gasteiger partial charge in [0, 0.05) is 24.8 Å². The minimum absolute atomic E-state index is 0.0244. The molecule has 0 aromatic heterocycles. The molecule has 0 fully saturated rings. The first-order valence-corrected chi connectivity index (χ1v) is 11.1. The average Bonchev–Trinajstić information content (AvgIpc) is 2.76. The number of hydrogen-bond acceptors (Lipinski definition) is 4. The van der Waals surface area contributed by atoms with Crippen LogP contribution in [0.3, 0.4) is 0 Å². The van der Waals surface area contributed by atoms with Crippen molar-refractivity contribution in [2.45, 2.75) is 18.4 Å². The first-order chi connectivity index (χ1) is 15.1. The SMILES string of the molecule is COc1ccc(NS(=O)(=O)c2ccc(C)c(C(=O)N(C)Cc3ccc(F)c(F)c3)c2)cc1. The Balaban J connectivity index is 1.83. The van der Waals surface area contributed by atoms with Crippen molar-refractivity contribution in [1.82, 2.24) is 4.90 Å². The summed E-state index contributed by atoms with van der Waals surface area (Å²) in [6.45, 7) is 1.71. The Hall–Kier alpha value is -3.46. The van der Waals surface area contributed by atoms with Crippen LogP contribution < -0.4 is 9.46 Å². The number of halogens is 2. The Morgan fingerprint density at radius 1 is 1.00 bits per heavy atom. The third-order valence-electron chi connectivity index (χ3n) is 4.84. The number of hydrogen-bond donors (Lipinski definition) is 1. The number of anilines is 1. The summed E-state index contributed by atoms with van der Waals surface area (Å²) in [6.07, 6.45) is 0. The lowest BCUT2D eigenvalue weighted by atomic mass is 10.1. The second kappa shape index (κ2) is 9.35. The van der Waals surface area contributed by atoms with Crippen molar-refractivity contribution in [2.24, 2.45) is 0 Å². The normalized spacial score (nSPS) is 11.2. The van der Waals surface area contributed by atoms with E-state index in [9.17, 15) is 22.0 Å². The summed E-state index contributed by atoms with van der Waals surface area (Å²) in [6, 6.07) is 14.0. The summed E-state index contributed by atoms with van der Waals surface area (Å²) in [4.78, 5) is 14.2. The zero-order chi connectivity index (χ0) is 23.5. The molecule has 168 valence electrons. The van der Waals surface area contributed by atoms with Crippen LogP contribution in [-0.4, -0.2) is 33.4 Å². The predicted octanol–water partition coefficient (Wildman–Crippen LogP) is 4.35. The van der Waals surface area contributed by atoms with E-state index in [1.807, 2.05) is 0 Å². The summed E-state index contributed by atoms with van der Waals surface area (Å²) < 4.78 is 59.8. The van der Waals surface area contributed by atoms with Gasteiger partial charge in [-0.15, -0.1) is 0 Å². The van der Waals surface area contributed by atoms with E-state index in [0.717, 1.165) is 12.1 Å². The van der Waals surface area contributed by atoms with Gasteiger partial charge in [0.05, 0.1) is 12.0 Å². The number of aryl methyl sites for hydroxylation is 1. The molecule has 0 heterocycles. The van der Waals surface area contributed by atoms with Gasteiger partial charge >= 0.3 is 0 Å². The van der Waals surface area contributed by atoms with Gasteiger partial charge in [-0.3, -0.25) is 9.52 Å². The first-order valence-electron chi connectivity index (χ1n) is 9.57. The van der Waals surface area contributed by atoms with Gasteiger partial charge in [-0.2, -0.15) is 0 Å². The van der Waals surface area contributed by atoms with Crippen LogP contribution >= 0.6 is 0 Å². The highest BCUT2D eigenvalue weighted by molar-refractivity contribution is 7.92. The van der Waals surface area contributed by atoms with Crippen LogP contribution in [0.1, 0.15) is 21.5 Å². The van der Waals surface area contributed by atoms with Crippen LogP contribution in [-0.2, 0) is 16.6 Å². The van der Waals surface area contributed by atoms with Gasteiger partial charge in [-0.1, -0.05) is 12.1 Å². The standard InChI is InChI=1S/C23H22F2N2O4S/c1-15-4-10-19(32(29,30)26-17-6-8-18(31-3)9-7-17)13-20(15)23(28)27(2)14-16-5-11-21(24)22(25)12-16/h4-13,26H,14H2,1-3H3. The molecule has 1 N–H and O–H groups in total. The van der Waals surface area contributed by atoms with Crippen LogP contribution in [0.2, 0.25) is 0 Å². The number of methoxy groups -OCH3 is 1. The van der Waals surface area contributed by atoms with Crippen molar-refractivity contribution in [3.8, 4) is 5.75 Å². The highest BCUT2D eigenvalue weighted by atomic mass is 32.2. The molecule has 0 atom stereocenters. The molecule has 0 aliphatic heterocycles. The topological polar surface area (TPSA) is 75.7 Å². The Kier molecular flexibility index (Phi) is 6.78. The van der Waals surface area contributed by atoms with Crippen LogP contribution in [0.5, 0.6) is 5.75 Å². The molecule has 0 saturated heterocycles. The van der Waals surface area contributed by atoms with E-state index in [0.29, 0.717) is 22.6 Å². The van der Waals surface area contributed by atoms with E-state index in [1.165, 1.54) is 37.3 Å². The summed E-state index contributed by atoms with van der Waals surface area (Å²) in [7, 11) is -0.946.